The van der Waals surface area contributed by atoms with E-state index in [0.29, 0.717) is 0 Å². The highest BCUT2D eigenvalue weighted by atomic mass is 19.1. The zero-order valence-electron chi connectivity index (χ0n) is 10.2. The summed E-state index contributed by atoms with van der Waals surface area (Å²) in [7, 11) is 0. The highest BCUT2D eigenvalue weighted by molar-refractivity contribution is 6.09. The van der Waals surface area contributed by atoms with Crippen LogP contribution in [0.2, 0.25) is 0 Å². The molecule has 1 saturated carbocycles. The molecule has 94 valence electrons. The molecule has 2 aliphatic rings. The molecule has 2 aromatic carbocycles. The molecule has 2 nitrogen and oxygen atoms in total. The van der Waals surface area contributed by atoms with E-state index in [1.165, 1.54) is 12.1 Å². The molecule has 0 bridgehead atoms. The summed E-state index contributed by atoms with van der Waals surface area (Å²) in [5.74, 6) is -0.00509. The molecule has 4 rings (SSSR count). The van der Waals surface area contributed by atoms with Crippen LogP contribution in [-0.4, -0.2) is 5.91 Å². The normalized spacial score (nSPS) is 27.2. The van der Waals surface area contributed by atoms with Crippen LogP contribution in [0.5, 0.6) is 0 Å². The molecule has 1 heterocycles. The van der Waals surface area contributed by atoms with Gasteiger partial charge in [-0.2, -0.15) is 0 Å². The lowest BCUT2D eigenvalue weighted by molar-refractivity contribution is -0.118. The number of hydrogen-bond donors (Lipinski definition) is 1. The summed E-state index contributed by atoms with van der Waals surface area (Å²) >= 11 is 0. The number of hydrogen-bond acceptors (Lipinski definition) is 1. The minimum atomic E-state index is -0.422. The first-order chi connectivity index (χ1) is 9.22. The Bertz CT molecular complexity index is 679. The van der Waals surface area contributed by atoms with E-state index in [-0.39, 0.29) is 17.6 Å². The zero-order valence-corrected chi connectivity index (χ0v) is 10.2. The van der Waals surface area contributed by atoms with E-state index in [1.54, 1.807) is 12.1 Å². The van der Waals surface area contributed by atoms with Crippen LogP contribution in [0.1, 0.15) is 23.5 Å². The first kappa shape index (κ1) is 10.7. The quantitative estimate of drug-likeness (QED) is 0.830. The van der Waals surface area contributed by atoms with Crippen molar-refractivity contribution in [2.24, 2.45) is 0 Å². The van der Waals surface area contributed by atoms with E-state index in [2.05, 4.69) is 5.32 Å². The maximum atomic E-state index is 13.0. The topological polar surface area (TPSA) is 29.1 Å². The molecule has 0 saturated heterocycles. The fourth-order valence-electron chi connectivity index (χ4n) is 3.25. The monoisotopic (exact) mass is 253 g/mol. The number of rotatable bonds is 1. The standard InChI is InChI=1S/C16H12FNO/c17-11-7-5-10(6-8-11)13-9-16(13)12-3-1-2-4-14(12)18-15(16)19/h1-8,13H,9H2,(H,18,19)/t13-,16-/m1/s1. The number of carbonyl (C=O) groups is 1. The van der Waals surface area contributed by atoms with Gasteiger partial charge < -0.3 is 5.32 Å². The van der Waals surface area contributed by atoms with Gasteiger partial charge >= 0.3 is 0 Å². The van der Waals surface area contributed by atoms with E-state index in [0.717, 1.165) is 23.2 Å². The van der Waals surface area contributed by atoms with Gasteiger partial charge in [-0.3, -0.25) is 4.79 Å². The van der Waals surface area contributed by atoms with Crippen LogP contribution in [0.3, 0.4) is 0 Å². The largest absolute Gasteiger partial charge is 0.325 e. The van der Waals surface area contributed by atoms with E-state index in [4.69, 9.17) is 0 Å². The summed E-state index contributed by atoms with van der Waals surface area (Å²) in [4.78, 5) is 12.3. The third-order valence-corrected chi connectivity index (χ3v) is 4.29. The summed E-state index contributed by atoms with van der Waals surface area (Å²) in [5.41, 5.74) is 2.61. The van der Waals surface area contributed by atoms with Crippen LogP contribution < -0.4 is 5.32 Å². The molecule has 1 fully saturated rings. The van der Waals surface area contributed by atoms with Gasteiger partial charge in [0.2, 0.25) is 5.91 Å². The zero-order chi connectivity index (χ0) is 13.0. The van der Waals surface area contributed by atoms with Crippen molar-refractivity contribution < 1.29 is 9.18 Å². The predicted molar refractivity (Wildman–Crippen MR) is 70.5 cm³/mol. The highest BCUT2D eigenvalue weighted by Gasteiger charge is 2.64. The number of carbonyl (C=O) groups excluding carboxylic acids is 1. The van der Waals surface area contributed by atoms with Crippen LogP contribution in [-0.2, 0) is 10.2 Å². The van der Waals surface area contributed by atoms with Crippen molar-refractivity contribution in [3.63, 3.8) is 0 Å². The third-order valence-electron chi connectivity index (χ3n) is 4.29. The Kier molecular flexibility index (Phi) is 1.94. The van der Waals surface area contributed by atoms with Crippen molar-refractivity contribution >= 4 is 11.6 Å². The van der Waals surface area contributed by atoms with Crippen molar-refractivity contribution in [2.45, 2.75) is 17.8 Å². The van der Waals surface area contributed by atoms with Crippen LogP contribution >= 0.6 is 0 Å². The summed E-state index contributed by atoms with van der Waals surface area (Å²) < 4.78 is 13.0. The molecular formula is C16H12FNO. The number of halogens is 1. The van der Waals surface area contributed by atoms with Crippen molar-refractivity contribution in [3.05, 3.63) is 65.5 Å². The van der Waals surface area contributed by atoms with Gasteiger partial charge in [-0.15, -0.1) is 0 Å². The van der Waals surface area contributed by atoms with Gasteiger partial charge in [0.05, 0.1) is 5.41 Å². The van der Waals surface area contributed by atoms with E-state index < -0.39 is 5.41 Å². The summed E-state index contributed by atoms with van der Waals surface area (Å²) in [5, 5.41) is 2.95. The number of para-hydroxylation sites is 1. The lowest BCUT2D eigenvalue weighted by Gasteiger charge is -2.08. The number of anilines is 1. The van der Waals surface area contributed by atoms with E-state index >= 15 is 0 Å². The van der Waals surface area contributed by atoms with Gasteiger partial charge in [0.1, 0.15) is 5.82 Å². The highest BCUT2D eigenvalue weighted by Crippen LogP contribution is 2.64. The van der Waals surface area contributed by atoms with Gasteiger partial charge in [0, 0.05) is 11.6 Å². The molecule has 1 N–H and O–H groups in total. The Morgan fingerprint density at radius 3 is 2.63 bits per heavy atom. The molecule has 1 aliphatic carbocycles. The van der Waals surface area contributed by atoms with E-state index in [9.17, 15) is 9.18 Å². The van der Waals surface area contributed by atoms with Crippen LogP contribution in [0.15, 0.2) is 48.5 Å². The lowest BCUT2D eigenvalue weighted by Crippen LogP contribution is -2.20. The maximum absolute atomic E-state index is 13.0. The first-order valence-electron chi connectivity index (χ1n) is 6.38. The molecule has 3 heteroatoms. The fourth-order valence-corrected chi connectivity index (χ4v) is 3.25. The molecule has 2 atom stereocenters. The second kappa shape index (κ2) is 3.44. The lowest BCUT2D eigenvalue weighted by atomic mass is 9.92. The predicted octanol–water partition coefficient (Wildman–Crippen LogP) is 3.20. The number of nitrogens with one attached hydrogen (secondary N) is 1. The van der Waals surface area contributed by atoms with Crippen molar-refractivity contribution in [3.8, 4) is 0 Å². The summed E-state index contributed by atoms with van der Waals surface area (Å²) in [6.45, 7) is 0. The fraction of sp³-hybridized carbons (Fsp3) is 0.188. The van der Waals surface area contributed by atoms with Gasteiger partial charge in [-0.25, -0.2) is 4.39 Å². The Labute approximate surface area is 110 Å². The van der Waals surface area contributed by atoms with Crippen molar-refractivity contribution in [1.29, 1.82) is 0 Å². The average molecular weight is 253 g/mol. The molecule has 1 spiro atoms. The molecule has 19 heavy (non-hydrogen) atoms. The number of amides is 1. The smallest absolute Gasteiger partial charge is 0.235 e. The minimum absolute atomic E-state index is 0.0722. The van der Waals surface area contributed by atoms with Crippen LogP contribution in [0, 0.1) is 5.82 Å². The van der Waals surface area contributed by atoms with Crippen LogP contribution in [0.25, 0.3) is 0 Å². The van der Waals surface area contributed by atoms with Gasteiger partial charge in [0.25, 0.3) is 0 Å². The molecule has 1 aliphatic heterocycles. The second-order valence-electron chi connectivity index (χ2n) is 5.28. The van der Waals surface area contributed by atoms with Gasteiger partial charge in [-0.05, 0) is 35.7 Å². The van der Waals surface area contributed by atoms with Crippen LogP contribution in [0.4, 0.5) is 10.1 Å². The van der Waals surface area contributed by atoms with Gasteiger partial charge in [-0.1, -0.05) is 30.3 Å². The average Bonchev–Trinajstić information content (AvgIpc) is 3.10. The van der Waals surface area contributed by atoms with Crippen molar-refractivity contribution in [1.82, 2.24) is 0 Å². The first-order valence-corrected chi connectivity index (χ1v) is 6.38. The maximum Gasteiger partial charge on any atom is 0.235 e. The van der Waals surface area contributed by atoms with E-state index in [1.807, 2.05) is 24.3 Å². The number of benzene rings is 2. The summed E-state index contributed by atoms with van der Waals surface area (Å²) in [6.07, 6.45) is 0.807. The minimum Gasteiger partial charge on any atom is -0.325 e. The Morgan fingerprint density at radius 2 is 1.84 bits per heavy atom. The SMILES string of the molecule is O=C1Nc2ccccc2[C@@]12C[C@@H]2c1ccc(F)cc1. The summed E-state index contributed by atoms with van der Waals surface area (Å²) in [6, 6.07) is 14.3. The second-order valence-corrected chi connectivity index (χ2v) is 5.28. The molecular weight excluding hydrogens is 241 g/mol. The molecule has 0 radical (unpaired) electrons. The molecule has 2 aromatic rings. The molecule has 1 amide bonds. The molecule has 0 aromatic heterocycles. The molecule has 0 unspecified atom stereocenters. The Hall–Kier alpha value is -2.16. The van der Waals surface area contributed by atoms with Crippen molar-refractivity contribution in [2.75, 3.05) is 5.32 Å². The third kappa shape index (κ3) is 1.33. The number of fused-ring (bicyclic) bond motifs is 2. The Balaban J connectivity index is 1.78. The Morgan fingerprint density at radius 1 is 1.11 bits per heavy atom. The van der Waals surface area contributed by atoms with Gasteiger partial charge in [0.15, 0.2) is 0 Å².